The van der Waals surface area contributed by atoms with Gasteiger partial charge in [0.25, 0.3) is 0 Å². The number of benzene rings is 1. The van der Waals surface area contributed by atoms with Crippen LogP contribution in [0.3, 0.4) is 0 Å². The summed E-state index contributed by atoms with van der Waals surface area (Å²) in [5, 5.41) is 17.9. The van der Waals surface area contributed by atoms with Crippen LogP contribution in [-0.4, -0.2) is 42.1 Å². The molecule has 33 heavy (non-hydrogen) atoms. The van der Waals surface area contributed by atoms with Crippen molar-refractivity contribution in [3.63, 3.8) is 0 Å². The van der Waals surface area contributed by atoms with Crippen LogP contribution in [0.1, 0.15) is 43.2 Å². The standard InChI is InChI=1S/C25H28N4O2S2/c1-25(2,3)21-16-33-24(20(21)13-26)28-22(30)12-19-15-32-23(27-19)18-6-4-17(5-7-18)14-29-8-10-31-11-9-29/h4-7,15-16H,8-12,14H2,1-3H3,(H,28,30). The maximum Gasteiger partial charge on any atom is 0.231 e. The van der Waals surface area contributed by atoms with Crippen molar-refractivity contribution in [3.8, 4) is 16.6 Å². The Kier molecular flexibility index (Phi) is 7.25. The molecule has 4 rings (SSSR count). The number of rotatable bonds is 6. The van der Waals surface area contributed by atoms with Crippen LogP contribution in [0.15, 0.2) is 35.0 Å². The van der Waals surface area contributed by atoms with Crippen LogP contribution in [0.5, 0.6) is 0 Å². The van der Waals surface area contributed by atoms with E-state index in [1.54, 1.807) is 0 Å². The summed E-state index contributed by atoms with van der Waals surface area (Å²) in [4.78, 5) is 19.7. The number of carbonyl (C=O) groups is 1. The van der Waals surface area contributed by atoms with E-state index in [1.165, 1.54) is 28.2 Å². The van der Waals surface area contributed by atoms with Gasteiger partial charge in [0.15, 0.2) is 0 Å². The number of aromatic nitrogens is 1. The van der Waals surface area contributed by atoms with Crippen LogP contribution in [-0.2, 0) is 27.9 Å². The molecule has 172 valence electrons. The fourth-order valence-electron chi connectivity index (χ4n) is 3.74. The molecule has 0 bridgehead atoms. The highest BCUT2D eigenvalue weighted by molar-refractivity contribution is 7.14. The van der Waals surface area contributed by atoms with E-state index in [0.717, 1.165) is 54.7 Å². The van der Waals surface area contributed by atoms with Crippen molar-refractivity contribution < 1.29 is 9.53 Å². The second-order valence-electron chi connectivity index (χ2n) is 9.17. The van der Waals surface area contributed by atoms with Gasteiger partial charge in [-0.25, -0.2) is 4.98 Å². The summed E-state index contributed by atoms with van der Waals surface area (Å²) in [6, 6.07) is 10.7. The van der Waals surface area contributed by atoms with Gasteiger partial charge in [0.05, 0.1) is 30.9 Å². The number of hydrogen-bond donors (Lipinski definition) is 1. The van der Waals surface area contributed by atoms with Gasteiger partial charge in [0, 0.05) is 30.6 Å². The molecule has 0 unspecified atom stereocenters. The number of carbonyl (C=O) groups excluding carboxylic acids is 1. The Morgan fingerprint density at radius 2 is 1.91 bits per heavy atom. The Labute approximate surface area is 202 Å². The third kappa shape index (κ3) is 5.87. The number of nitrogens with zero attached hydrogens (tertiary/aromatic N) is 3. The van der Waals surface area contributed by atoms with Gasteiger partial charge in [0.2, 0.25) is 5.91 Å². The number of amides is 1. The highest BCUT2D eigenvalue weighted by atomic mass is 32.1. The third-order valence-corrected chi connectivity index (χ3v) is 7.40. The number of thiophene rings is 1. The lowest BCUT2D eigenvalue weighted by Gasteiger charge is -2.26. The molecule has 1 fully saturated rings. The van der Waals surface area contributed by atoms with Crippen LogP contribution < -0.4 is 5.32 Å². The number of nitrogens with one attached hydrogen (secondary N) is 1. The zero-order valence-corrected chi connectivity index (χ0v) is 20.8. The van der Waals surface area contributed by atoms with Crippen molar-refractivity contribution in [2.45, 2.75) is 39.2 Å². The Morgan fingerprint density at radius 1 is 1.18 bits per heavy atom. The maximum atomic E-state index is 12.6. The molecule has 0 aliphatic carbocycles. The molecular formula is C25H28N4O2S2. The molecule has 0 atom stereocenters. The summed E-state index contributed by atoms with van der Waals surface area (Å²) < 4.78 is 5.41. The normalized spacial score (nSPS) is 14.7. The van der Waals surface area contributed by atoms with E-state index in [2.05, 4.69) is 66.3 Å². The van der Waals surface area contributed by atoms with Crippen molar-refractivity contribution in [2.24, 2.45) is 0 Å². The molecule has 6 nitrogen and oxygen atoms in total. The van der Waals surface area contributed by atoms with Gasteiger partial charge in [-0.2, -0.15) is 5.26 Å². The second kappa shape index (κ2) is 10.1. The minimum absolute atomic E-state index is 0.147. The van der Waals surface area contributed by atoms with Crippen molar-refractivity contribution >= 4 is 33.6 Å². The average Bonchev–Trinajstić information content (AvgIpc) is 3.41. The first-order valence-electron chi connectivity index (χ1n) is 11.0. The molecule has 3 heterocycles. The molecule has 8 heteroatoms. The maximum absolute atomic E-state index is 12.6. The number of thiazole rings is 1. The number of ether oxygens (including phenoxy) is 1. The van der Waals surface area contributed by atoms with Crippen molar-refractivity contribution in [3.05, 3.63) is 57.4 Å². The highest BCUT2D eigenvalue weighted by Gasteiger charge is 2.23. The smallest absolute Gasteiger partial charge is 0.231 e. The summed E-state index contributed by atoms with van der Waals surface area (Å²) in [5.74, 6) is -0.161. The fourth-order valence-corrected chi connectivity index (χ4v) is 5.72. The topological polar surface area (TPSA) is 78.2 Å². The summed E-state index contributed by atoms with van der Waals surface area (Å²) in [6.07, 6.45) is 0.180. The number of nitriles is 1. The van der Waals surface area contributed by atoms with Crippen LogP contribution in [0.4, 0.5) is 5.00 Å². The van der Waals surface area contributed by atoms with Gasteiger partial charge < -0.3 is 10.1 Å². The fraction of sp³-hybridized carbons (Fsp3) is 0.400. The largest absolute Gasteiger partial charge is 0.379 e. The minimum atomic E-state index is -0.161. The lowest BCUT2D eigenvalue weighted by molar-refractivity contribution is -0.115. The van der Waals surface area contributed by atoms with E-state index in [4.69, 9.17) is 4.74 Å². The molecule has 3 aromatic rings. The average molecular weight is 481 g/mol. The zero-order valence-electron chi connectivity index (χ0n) is 19.2. The third-order valence-electron chi connectivity index (χ3n) is 5.57. The lowest BCUT2D eigenvalue weighted by atomic mass is 9.86. The molecule has 1 aliphatic heterocycles. The van der Waals surface area contributed by atoms with Crippen LogP contribution in [0.25, 0.3) is 10.6 Å². The number of hydrogen-bond acceptors (Lipinski definition) is 7. The Balaban J connectivity index is 1.37. The van der Waals surface area contributed by atoms with E-state index in [9.17, 15) is 10.1 Å². The van der Waals surface area contributed by atoms with Crippen LogP contribution in [0.2, 0.25) is 0 Å². The minimum Gasteiger partial charge on any atom is -0.379 e. The Bertz CT molecular complexity index is 1150. The summed E-state index contributed by atoms with van der Waals surface area (Å²) >= 11 is 2.94. The Hall–Kier alpha value is -2.57. The molecule has 1 amide bonds. The first-order valence-corrected chi connectivity index (χ1v) is 12.7. The predicted octanol–water partition coefficient (Wildman–Crippen LogP) is 5.05. The van der Waals surface area contributed by atoms with E-state index in [0.29, 0.717) is 10.6 Å². The molecule has 0 saturated carbocycles. The first kappa shape index (κ1) is 23.6. The number of anilines is 1. The van der Waals surface area contributed by atoms with Crippen molar-refractivity contribution in [1.82, 2.24) is 9.88 Å². The zero-order chi connectivity index (χ0) is 23.4. The van der Waals surface area contributed by atoms with Gasteiger partial charge in [-0.1, -0.05) is 45.0 Å². The predicted molar refractivity (Wildman–Crippen MR) is 134 cm³/mol. The second-order valence-corrected chi connectivity index (χ2v) is 10.9. The summed E-state index contributed by atoms with van der Waals surface area (Å²) in [6.45, 7) is 10.7. The molecule has 0 spiro atoms. The SMILES string of the molecule is CC(C)(C)c1csc(NC(=O)Cc2csc(-c3ccc(CN4CCOCC4)cc3)n2)c1C#N. The van der Waals surface area contributed by atoms with E-state index in [1.807, 2.05) is 10.8 Å². The van der Waals surface area contributed by atoms with Crippen LogP contribution in [0, 0.1) is 11.3 Å². The monoisotopic (exact) mass is 480 g/mol. The van der Waals surface area contributed by atoms with Gasteiger partial charge in [0.1, 0.15) is 16.1 Å². The van der Waals surface area contributed by atoms with E-state index < -0.39 is 0 Å². The molecule has 1 saturated heterocycles. The summed E-state index contributed by atoms with van der Waals surface area (Å²) in [5.41, 5.74) is 4.42. The highest BCUT2D eigenvalue weighted by Crippen LogP contribution is 2.35. The molecule has 0 radical (unpaired) electrons. The molecule has 1 aliphatic rings. The van der Waals surface area contributed by atoms with Gasteiger partial charge in [-0.05, 0) is 21.9 Å². The molecule has 1 N–H and O–H groups in total. The van der Waals surface area contributed by atoms with Crippen molar-refractivity contribution in [2.75, 3.05) is 31.6 Å². The molecule has 2 aromatic heterocycles. The van der Waals surface area contributed by atoms with Gasteiger partial charge in [-0.15, -0.1) is 22.7 Å². The lowest BCUT2D eigenvalue weighted by Crippen LogP contribution is -2.35. The van der Waals surface area contributed by atoms with E-state index >= 15 is 0 Å². The Morgan fingerprint density at radius 3 is 2.58 bits per heavy atom. The molecular weight excluding hydrogens is 452 g/mol. The number of morpholine rings is 1. The van der Waals surface area contributed by atoms with E-state index in [-0.39, 0.29) is 17.7 Å². The van der Waals surface area contributed by atoms with Gasteiger partial charge >= 0.3 is 0 Å². The first-order chi connectivity index (χ1) is 15.8. The molecule has 1 aromatic carbocycles. The van der Waals surface area contributed by atoms with Crippen LogP contribution >= 0.6 is 22.7 Å². The summed E-state index contributed by atoms with van der Waals surface area (Å²) in [7, 11) is 0. The van der Waals surface area contributed by atoms with Gasteiger partial charge in [-0.3, -0.25) is 9.69 Å². The van der Waals surface area contributed by atoms with Crippen molar-refractivity contribution in [1.29, 1.82) is 5.26 Å². The quantitative estimate of drug-likeness (QED) is 0.534.